The molecule has 0 fully saturated rings. The first kappa shape index (κ1) is 13.5. The van der Waals surface area contributed by atoms with Gasteiger partial charge in [-0.1, -0.05) is 6.07 Å². The Hall–Kier alpha value is -1.93. The van der Waals surface area contributed by atoms with Crippen LogP contribution in [0.4, 0.5) is 32.0 Å². The summed E-state index contributed by atoms with van der Waals surface area (Å²) in [6.45, 7) is 0. The monoisotopic (exact) mass is 284 g/mol. The third-order valence-corrected chi connectivity index (χ3v) is 2.37. The predicted octanol–water partition coefficient (Wildman–Crippen LogP) is 3.62. The lowest BCUT2D eigenvalue weighted by Crippen LogP contribution is -2.34. The first-order chi connectivity index (χ1) is 8.60. The van der Waals surface area contributed by atoms with Crippen LogP contribution in [-0.2, 0) is 0 Å². The number of oxazole rings is 1. The summed E-state index contributed by atoms with van der Waals surface area (Å²) in [6.07, 6.45) is -11.1. The number of hydrogen-bond donors (Lipinski definition) is 1. The van der Waals surface area contributed by atoms with E-state index in [0.29, 0.717) is 0 Å². The minimum absolute atomic E-state index is 0.0596. The molecule has 2 N–H and O–H groups in total. The summed E-state index contributed by atoms with van der Waals surface area (Å²) < 4.78 is 79.4. The Balaban J connectivity index is 2.61. The van der Waals surface area contributed by atoms with Crippen molar-refractivity contribution in [3.63, 3.8) is 0 Å². The van der Waals surface area contributed by atoms with E-state index in [0.717, 1.165) is 0 Å². The Morgan fingerprint density at radius 3 is 2.11 bits per heavy atom. The van der Waals surface area contributed by atoms with E-state index in [-0.39, 0.29) is 16.8 Å². The predicted molar refractivity (Wildman–Crippen MR) is 53.3 cm³/mol. The van der Waals surface area contributed by atoms with E-state index < -0.39 is 24.2 Å². The van der Waals surface area contributed by atoms with Gasteiger partial charge in [0.1, 0.15) is 5.52 Å². The first-order valence-corrected chi connectivity index (χ1v) is 4.89. The Morgan fingerprint density at radius 1 is 1.05 bits per heavy atom. The molecule has 0 aliphatic heterocycles. The number of aromatic nitrogens is 1. The average Bonchev–Trinajstić information content (AvgIpc) is 2.57. The topological polar surface area (TPSA) is 52.0 Å². The second kappa shape index (κ2) is 4.04. The van der Waals surface area contributed by atoms with Crippen LogP contribution in [0, 0.1) is 0 Å². The molecule has 0 radical (unpaired) electrons. The van der Waals surface area contributed by atoms with E-state index >= 15 is 0 Å². The molecule has 0 bridgehead atoms. The average molecular weight is 284 g/mol. The van der Waals surface area contributed by atoms with Crippen LogP contribution < -0.4 is 5.73 Å². The van der Waals surface area contributed by atoms with Crippen molar-refractivity contribution in [2.75, 3.05) is 5.73 Å². The number of halogens is 6. The van der Waals surface area contributed by atoms with Gasteiger partial charge in [-0.05, 0) is 12.1 Å². The molecule has 0 unspecified atom stereocenters. The fourth-order valence-electron chi connectivity index (χ4n) is 1.58. The quantitative estimate of drug-likeness (QED) is 0.642. The third-order valence-electron chi connectivity index (χ3n) is 2.37. The van der Waals surface area contributed by atoms with Crippen LogP contribution in [0.3, 0.4) is 0 Å². The van der Waals surface area contributed by atoms with Crippen LogP contribution in [0.15, 0.2) is 22.6 Å². The van der Waals surface area contributed by atoms with Gasteiger partial charge in [0.15, 0.2) is 5.58 Å². The molecule has 0 atom stereocenters. The fourth-order valence-corrected chi connectivity index (χ4v) is 1.58. The molecule has 2 aromatic rings. The van der Waals surface area contributed by atoms with Crippen LogP contribution in [0.5, 0.6) is 0 Å². The summed E-state index contributed by atoms with van der Waals surface area (Å²) in [7, 11) is 0. The van der Waals surface area contributed by atoms with Crippen molar-refractivity contribution in [2.24, 2.45) is 0 Å². The number of nitrogen functional groups attached to an aromatic ring is 1. The molecule has 0 aliphatic carbocycles. The zero-order chi connectivity index (χ0) is 14.4. The molecule has 9 heteroatoms. The number of fused-ring (bicyclic) bond motifs is 1. The molecule has 0 amide bonds. The molecule has 1 aromatic carbocycles. The number of nitrogens with zero attached hydrogens (tertiary/aromatic N) is 1. The van der Waals surface area contributed by atoms with Gasteiger partial charge >= 0.3 is 12.4 Å². The zero-order valence-electron chi connectivity index (χ0n) is 9.01. The van der Waals surface area contributed by atoms with Gasteiger partial charge in [0.05, 0.1) is 5.69 Å². The van der Waals surface area contributed by atoms with Gasteiger partial charge in [-0.2, -0.15) is 26.3 Å². The summed E-state index contributed by atoms with van der Waals surface area (Å²) in [5.74, 6) is -5.24. The molecule has 2 rings (SSSR count). The van der Waals surface area contributed by atoms with Crippen LogP contribution in [0.2, 0.25) is 0 Å². The third kappa shape index (κ3) is 2.45. The Bertz CT molecular complexity index is 586. The Kier molecular flexibility index (Phi) is 2.87. The maximum Gasteiger partial charge on any atom is 0.409 e. The number of benzene rings is 1. The molecular formula is C10H6F6N2O. The maximum atomic E-state index is 12.5. The number of para-hydroxylation sites is 1. The Morgan fingerprint density at radius 2 is 1.63 bits per heavy atom. The second-order valence-electron chi connectivity index (χ2n) is 3.76. The fraction of sp³-hybridized carbons (Fsp3) is 0.300. The molecule has 1 heterocycles. The SMILES string of the molecule is Nc1cccc2oc(C(C(F)(F)F)C(F)(F)F)nc12. The van der Waals surface area contributed by atoms with Gasteiger partial charge in [0.25, 0.3) is 0 Å². The van der Waals surface area contributed by atoms with Crippen LogP contribution in [0.25, 0.3) is 11.1 Å². The van der Waals surface area contributed by atoms with Crippen LogP contribution in [0.1, 0.15) is 11.8 Å². The molecule has 0 spiro atoms. The number of alkyl halides is 6. The Labute approximate surface area is 102 Å². The summed E-state index contributed by atoms with van der Waals surface area (Å²) >= 11 is 0. The zero-order valence-corrected chi connectivity index (χ0v) is 9.01. The highest BCUT2D eigenvalue weighted by Crippen LogP contribution is 2.46. The van der Waals surface area contributed by atoms with Gasteiger partial charge in [-0.25, -0.2) is 4.98 Å². The highest BCUT2D eigenvalue weighted by Gasteiger charge is 2.60. The molecular weight excluding hydrogens is 278 g/mol. The molecule has 0 aliphatic rings. The van der Waals surface area contributed by atoms with E-state index in [9.17, 15) is 26.3 Å². The summed E-state index contributed by atoms with van der Waals surface area (Å²) in [6, 6.07) is 3.82. The maximum absolute atomic E-state index is 12.5. The lowest BCUT2D eigenvalue weighted by Gasteiger charge is -2.19. The van der Waals surface area contributed by atoms with Crippen molar-refractivity contribution in [3.05, 3.63) is 24.1 Å². The number of nitrogens with two attached hydrogens (primary N) is 1. The number of rotatable bonds is 1. The minimum atomic E-state index is -5.55. The highest BCUT2D eigenvalue weighted by molar-refractivity contribution is 5.85. The van der Waals surface area contributed by atoms with Crippen molar-refractivity contribution < 1.29 is 30.8 Å². The summed E-state index contributed by atoms with van der Waals surface area (Å²) in [5, 5.41) is 0. The number of anilines is 1. The van der Waals surface area contributed by atoms with Crippen molar-refractivity contribution in [1.82, 2.24) is 4.98 Å². The standard InChI is InChI=1S/C10H6F6N2O/c11-9(12,13)7(10(14,15)16)8-18-6-4(17)2-1-3-5(6)19-8/h1-3,7H,17H2. The van der Waals surface area contributed by atoms with Crippen molar-refractivity contribution in [2.45, 2.75) is 18.3 Å². The molecule has 19 heavy (non-hydrogen) atoms. The van der Waals surface area contributed by atoms with E-state index in [1.165, 1.54) is 18.2 Å². The van der Waals surface area contributed by atoms with Gasteiger partial charge in [0.2, 0.25) is 11.8 Å². The largest absolute Gasteiger partial charge is 0.440 e. The number of hydrogen-bond acceptors (Lipinski definition) is 3. The lowest BCUT2D eigenvalue weighted by molar-refractivity contribution is -0.258. The van der Waals surface area contributed by atoms with E-state index in [2.05, 4.69) is 9.40 Å². The van der Waals surface area contributed by atoms with Crippen molar-refractivity contribution >= 4 is 16.8 Å². The van der Waals surface area contributed by atoms with E-state index in [1.54, 1.807) is 0 Å². The van der Waals surface area contributed by atoms with E-state index in [4.69, 9.17) is 5.73 Å². The smallest absolute Gasteiger partial charge is 0.409 e. The van der Waals surface area contributed by atoms with Gasteiger partial charge in [-0.3, -0.25) is 0 Å². The molecule has 0 saturated heterocycles. The van der Waals surface area contributed by atoms with Crippen LogP contribution in [-0.4, -0.2) is 17.3 Å². The minimum Gasteiger partial charge on any atom is -0.440 e. The lowest BCUT2D eigenvalue weighted by atomic mass is 10.1. The van der Waals surface area contributed by atoms with Crippen molar-refractivity contribution in [3.8, 4) is 0 Å². The molecule has 3 nitrogen and oxygen atoms in total. The van der Waals surface area contributed by atoms with Crippen LogP contribution >= 0.6 is 0 Å². The summed E-state index contributed by atoms with van der Waals surface area (Å²) in [5.41, 5.74) is 4.89. The van der Waals surface area contributed by atoms with E-state index in [1.807, 2.05) is 0 Å². The van der Waals surface area contributed by atoms with Gasteiger partial charge in [-0.15, -0.1) is 0 Å². The second-order valence-corrected chi connectivity index (χ2v) is 3.76. The first-order valence-electron chi connectivity index (χ1n) is 4.89. The highest BCUT2D eigenvalue weighted by atomic mass is 19.4. The van der Waals surface area contributed by atoms with Crippen molar-refractivity contribution in [1.29, 1.82) is 0 Å². The van der Waals surface area contributed by atoms with Gasteiger partial charge in [0, 0.05) is 0 Å². The normalized spacial score (nSPS) is 13.4. The summed E-state index contributed by atoms with van der Waals surface area (Å²) in [4.78, 5) is 3.21. The molecule has 1 aromatic heterocycles. The van der Waals surface area contributed by atoms with Gasteiger partial charge < -0.3 is 10.2 Å². The molecule has 0 saturated carbocycles. The molecule has 104 valence electrons.